The highest BCUT2D eigenvalue weighted by Gasteiger charge is 2.31. The first-order valence-corrected chi connectivity index (χ1v) is 16.4. The van der Waals surface area contributed by atoms with Gasteiger partial charge in [0.2, 0.25) is 5.91 Å². The molecule has 0 bridgehead atoms. The molecule has 0 saturated carbocycles. The van der Waals surface area contributed by atoms with Gasteiger partial charge in [0.25, 0.3) is 5.91 Å². The predicted molar refractivity (Wildman–Crippen MR) is 181 cm³/mol. The fourth-order valence-electron chi connectivity index (χ4n) is 5.40. The van der Waals surface area contributed by atoms with Crippen molar-refractivity contribution in [2.45, 2.75) is 71.1 Å². The normalized spacial score (nSPS) is 20.1. The molecule has 11 nitrogen and oxygen atoms in total. The van der Waals surface area contributed by atoms with E-state index >= 15 is 0 Å². The van der Waals surface area contributed by atoms with E-state index in [-0.39, 0.29) is 48.7 Å². The molecular formula is C35H52FN5O6. The quantitative estimate of drug-likeness (QED) is 0.326. The topological polar surface area (TPSA) is 124 Å². The van der Waals surface area contributed by atoms with Gasteiger partial charge in [0.15, 0.2) is 0 Å². The van der Waals surface area contributed by atoms with Gasteiger partial charge in [0.1, 0.15) is 11.6 Å². The molecule has 0 spiro atoms. The molecule has 0 aromatic heterocycles. The van der Waals surface area contributed by atoms with E-state index in [1.807, 2.05) is 27.9 Å². The van der Waals surface area contributed by atoms with Crippen molar-refractivity contribution in [3.05, 3.63) is 53.8 Å². The molecule has 3 N–H and O–H groups in total. The molecule has 4 atom stereocenters. The minimum Gasteiger partial charge on any atom is -0.490 e. The van der Waals surface area contributed by atoms with Crippen LogP contribution < -0.4 is 15.4 Å². The van der Waals surface area contributed by atoms with Crippen LogP contribution in [-0.2, 0) is 9.53 Å². The van der Waals surface area contributed by atoms with E-state index in [2.05, 4.69) is 15.5 Å². The number of urea groups is 1. The number of aliphatic hydroxyl groups excluding tert-OH is 1. The van der Waals surface area contributed by atoms with Crippen molar-refractivity contribution in [1.29, 1.82) is 0 Å². The Morgan fingerprint density at radius 3 is 2.43 bits per heavy atom. The van der Waals surface area contributed by atoms with Gasteiger partial charge in [-0.1, -0.05) is 6.92 Å². The predicted octanol–water partition coefficient (Wildman–Crippen LogP) is 5.07. The first-order valence-electron chi connectivity index (χ1n) is 16.4. The maximum atomic E-state index is 14.3. The van der Waals surface area contributed by atoms with Gasteiger partial charge in [0, 0.05) is 50.5 Å². The van der Waals surface area contributed by atoms with Gasteiger partial charge < -0.3 is 39.9 Å². The van der Waals surface area contributed by atoms with Gasteiger partial charge in [-0.05, 0) is 103 Å². The van der Waals surface area contributed by atoms with E-state index in [0.29, 0.717) is 36.7 Å². The Morgan fingerprint density at radius 2 is 1.74 bits per heavy atom. The Balaban J connectivity index is 1.87. The number of halogens is 1. The van der Waals surface area contributed by atoms with Crippen LogP contribution in [0.4, 0.5) is 20.6 Å². The molecule has 3 rings (SSSR count). The molecule has 2 aromatic carbocycles. The second-order valence-electron chi connectivity index (χ2n) is 12.8. The van der Waals surface area contributed by atoms with Crippen molar-refractivity contribution >= 4 is 29.2 Å². The number of carbonyl (C=O) groups excluding carboxylic acids is 3. The van der Waals surface area contributed by atoms with Crippen molar-refractivity contribution in [1.82, 2.24) is 14.7 Å². The molecule has 4 amide bonds. The fourth-order valence-corrected chi connectivity index (χ4v) is 5.40. The minimum atomic E-state index is -0.561. The second kappa shape index (κ2) is 18.6. The SMILES string of the molecule is C[C@@H]1CCCCO[C@@H](CN(C)C(=O)CCCN(C)C)[C@@H](C)CN([C@H](C)CO)C(=O)c2cc(NC(=O)Nc3ccc(F)cc3)ccc2O1. The third-order valence-electron chi connectivity index (χ3n) is 8.29. The number of hydrogen-bond acceptors (Lipinski definition) is 7. The molecule has 0 aliphatic carbocycles. The Morgan fingerprint density at radius 1 is 1.06 bits per heavy atom. The Hall–Kier alpha value is -3.74. The number of aliphatic hydroxyl groups is 1. The van der Waals surface area contributed by atoms with Crippen LogP contribution in [0.25, 0.3) is 0 Å². The van der Waals surface area contributed by atoms with Crippen LogP contribution in [0.3, 0.4) is 0 Å². The van der Waals surface area contributed by atoms with Gasteiger partial charge in [-0.15, -0.1) is 0 Å². The summed E-state index contributed by atoms with van der Waals surface area (Å²) in [6, 6.07) is 9.17. The molecule has 260 valence electrons. The summed E-state index contributed by atoms with van der Waals surface area (Å²) in [6.07, 6.45) is 3.06. The lowest BCUT2D eigenvalue weighted by Crippen LogP contribution is -2.48. The fraction of sp³-hybridized carbons (Fsp3) is 0.571. The van der Waals surface area contributed by atoms with Crippen LogP contribution in [0.2, 0.25) is 0 Å². The number of hydrogen-bond donors (Lipinski definition) is 3. The first kappa shape index (κ1) is 37.7. The lowest BCUT2D eigenvalue weighted by Gasteiger charge is -2.36. The molecule has 47 heavy (non-hydrogen) atoms. The van der Waals surface area contributed by atoms with Crippen molar-refractivity contribution in [3.8, 4) is 5.75 Å². The molecule has 2 aromatic rings. The van der Waals surface area contributed by atoms with Gasteiger partial charge in [-0.3, -0.25) is 9.59 Å². The van der Waals surface area contributed by atoms with Gasteiger partial charge in [-0.25, -0.2) is 9.18 Å². The van der Waals surface area contributed by atoms with Crippen LogP contribution in [-0.4, -0.2) is 110 Å². The van der Waals surface area contributed by atoms with Crippen molar-refractivity contribution in [2.24, 2.45) is 5.92 Å². The average Bonchev–Trinajstić information content (AvgIpc) is 3.03. The summed E-state index contributed by atoms with van der Waals surface area (Å²) in [4.78, 5) is 45.3. The summed E-state index contributed by atoms with van der Waals surface area (Å²) in [5, 5.41) is 15.6. The number of anilines is 2. The summed E-state index contributed by atoms with van der Waals surface area (Å²) in [7, 11) is 5.75. The van der Waals surface area contributed by atoms with Crippen LogP contribution in [0.5, 0.6) is 5.75 Å². The third-order valence-corrected chi connectivity index (χ3v) is 8.29. The number of ether oxygens (including phenoxy) is 2. The molecule has 0 saturated heterocycles. The molecule has 0 radical (unpaired) electrons. The van der Waals surface area contributed by atoms with E-state index in [9.17, 15) is 23.9 Å². The first-order chi connectivity index (χ1) is 22.4. The standard InChI is InChI=1S/C35H52FN5O6/c1-24-21-41(25(2)23-42)34(44)30-20-29(38-35(45)37-28-14-12-27(36)13-15-28)16-17-31(30)47-26(3)10-7-8-19-46-32(24)22-40(6)33(43)11-9-18-39(4)5/h12-17,20,24-26,32,42H,7-11,18-19,21-23H2,1-6H3,(H2,37,38,45)/t24-,25+,26+,32-/m0/s1. The maximum Gasteiger partial charge on any atom is 0.323 e. The Kier molecular flexibility index (Phi) is 14.9. The lowest BCUT2D eigenvalue weighted by molar-refractivity contribution is -0.132. The van der Waals surface area contributed by atoms with E-state index in [1.165, 1.54) is 24.3 Å². The molecule has 1 heterocycles. The van der Waals surface area contributed by atoms with Gasteiger partial charge in [0.05, 0.1) is 30.4 Å². The van der Waals surface area contributed by atoms with Crippen molar-refractivity contribution in [2.75, 3.05) is 64.6 Å². The molecular weight excluding hydrogens is 605 g/mol. The Labute approximate surface area is 278 Å². The van der Waals surface area contributed by atoms with Crippen LogP contribution >= 0.6 is 0 Å². The number of amides is 4. The summed E-state index contributed by atoms with van der Waals surface area (Å²) < 4.78 is 25.9. The van der Waals surface area contributed by atoms with Crippen LogP contribution in [0.15, 0.2) is 42.5 Å². The van der Waals surface area contributed by atoms with E-state index < -0.39 is 17.9 Å². The molecule has 0 fully saturated rings. The summed E-state index contributed by atoms with van der Waals surface area (Å²) >= 11 is 0. The highest BCUT2D eigenvalue weighted by atomic mass is 19.1. The molecule has 0 unspecified atom stereocenters. The zero-order valence-corrected chi connectivity index (χ0v) is 28.6. The van der Waals surface area contributed by atoms with Crippen molar-refractivity contribution < 1.29 is 33.4 Å². The van der Waals surface area contributed by atoms with Crippen molar-refractivity contribution in [3.63, 3.8) is 0 Å². The number of fused-ring (bicyclic) bond motifs is 1. The zero-order chi connectivity index (χ0) is 34.5. The van der Waals surface area contributed by atoms with E-state index in [4.69, 9.17) is 9.47 Å². The minimum absolute atomic E-state index is 0.0436. The van der Waals surface area contributed by atoms with Gasteiger partial charge in [-0.2, -0.15) is 0 Å². The summed E-state index contributed by atoms with van der Waals surface area (Å²) in [5.74, 6) is -0.546. The van der Waals surface area contributed by atoms with Crippen LogP contribution in [0, 0.1) is 11.7 Å². The molecule has 1 aliphatic heterocycles. The van der Waals surface area contributed by atoms with Gasteiger partial charge >= 0.3 is 6.03 Å². The number of nitrogens with zero attached hydrogens (tertiary/aromatic N) is 3. The monoisotopic (exact) mass is 657 g/mol. The van der Waals surface area contributed by atoms with Crippen LogP contribution in [0.1, 0.15) is 63.2 Å². The highest BCUT2D eigenvalue weighted by Crippen LogP contribution is 2.29. The molecule has 1 aliphatic rings. The summed E-state index contributed by atoms with van der Waals surface area (Å²) in [6.45, 7) is 7.41. The highest BCUT2D eigenvalue weighted by molar-refractivity contribution is 6.02. The van der Waals surface area contributed by atoms with E-state index in [0.717, 1.165) is 32.2 Å². The number of nitrogens with one attached hydrogen (secondary N) is 2. The summed E-state index contributed by atoms with van der Waals surface area (Å²) in [5.41, 5.74) is 1.01. The number of benzene rings is 2. The zero-order valence-electron chi connectivity index (χ0n) is 28.6. The van der Waals surface area contributed by atoms with E-state index in [1.54, 1.807) is 42.0 Å². The lowest BCUT2D eigenvalue weighted by atomic mass is 10.0. The molecule has 12 heteroatoms. The smallest absolute Gasteiger partial charge is 0.323 e. The number of carbonyl (C=O) groups is 3. The number of likely N-dealkylation sites (N-methyl/N-ethyl adjacent to an activating group) is 1. The average molecular weight is 658 g/mol. The third kappa shape index (κ3) is 12.1. The Bertz CT molecular complexity index is 1310. The number of rotatable bonds is 10. The maximum absolute atomic E-state index is 14.3. The largest absolute Gasteiger partial charge is 0.490 e. The second-order valence-corrected chi connectivity index (χ2v) is 12.8.